The highest BCUT2D eigenvalue weighted by molar-refractivity contribution is 7.19. The minimum atomic E-state index is -0.394. The van der Waals surface area contributed by atoms with Gasteiger partial charge in [-0.25, -0.2) is 4.98 Å². The molecule has 1 aliphatic rings. The number of aromatic nitrogens is 3. The van der Waals surface area contributed by atoms with Gasteiger partial charge >= 0.3 is 0 Å². The van der Waals surface area contributed by atoms with E-state index in [0.29, 0.717) is 11.7 Å². The van der Waals surface area contributed by atoms with Crippen molar-refractivity contribution in [2.75, 3.05) is 18.4 Å². The lowest BCUT2D eigenvalue weighted by molar-refractivity contribution is -0.140. The van der Waals surface area contributed by atoms with Crippen LogP contribution in [0.3, 0.4) is 0 Å². The number of anilines is 1. The van der Waals surface area contributed by atoms with Crippen molar-refractivity contribution < 1.29 is 9.59 Å². The molecule has 8 heteroatoms. The van der Waals surface area contributed by atoms with E-state index < -0.39 is 5.41 Å². The molecule has 0 aliphatic carbocycles. The Labute approximate surface area is 169 Å². The average Bonchev–Trinajstić information content (AvgIpc) is 2.99. The van der Waals surface area contributed by atoms with Gasteiger partial charge in [0.1, 0.15) is 5.69 Å². The Morgan fingerprint density at radius 2 is 1.96 bits per heavy atom. The molecule has 0 bridgehead atoms. The first-order valence-corrected chi connectivity index (χ1v) is 10.3. The van der Waals surface area contributed by atoms with E-state index in [-0.39, 0.29) is 17.7 Å². The second-order valence-electron chi connectivity index (χ2n) is 8.25. The minimum Gasteiger partial charge on any atom is -0.342 e. The van der Waals surface area contributed by atoms with Crippen LogP contribution in [0.1, 0.15) is 57.8 Å². The lowest BCUT2D eigenvalue weighted by Gasteiger charge is -2.36. The quantitative estimate of drug-likeness (QED) is 0.849. The SMILES string of the molecule is CC(=O)Nc1nc(C)c(-c2nccnc2C2CCCN(C(=O)C(C)(C)C)C2)s1. The molecular formula is C20H27N5O2S. The second kappa shape index (κ2) is 7.95. The Balaban J connectivity index is 1.91. The highest BCUT2D eigenvalue weighted by Crippen LogP contribution is 2.38. The maximum atomic E-state index is 12.8. The van der Waals surface area contributed by atoms with E-state index in [1.54, 1.807) is 12.4 Å². The molecule has 2 aromatic heterocycles. The van der Waals surface area contributed by atoms with Crippen molar-refractivity contribution in [3.63, 3.8) is 0 Å². The number of nitrogens with one attached hydrogen (secondary N) is 1. The summed E-state index contributed by atoms with van der Waals surface area (Å²) in [5, 5.41) is 3.30. The summed E-state index contributed by atoms with van der Waals surface area (Å²) in [5.74, 6) is 0.155. The molecule has 3 rings (SSSR count). The normalized spacial score (nSPS) is 17.5. The van der Waals surface area contributed by atoms with Crippen molar-refractivity contribution in [2.24, 2.45) is 5.41 Å². The van der Waals surface area contributed by atoms with E-state index in [4.69, 9.17) is 0 Å². The van der Waals surface area contributed by atoms with E-state index in [1.165, 1.54) is 18.3 Å². The van der Waals surface area contributed by atoms with Gasteiger partial charge in [-0.3, -0.25) is 19.6 Å². The van der Waals surface area contributed by atoms with Crippen molar-refractivity contribution in [1.29, 1.82) is 0 Å². The topological polar surface area (TPSA) is 88.1 Å². The highest BCUT2D eigenvalue weighted by Gasteiger charge is 2.33. The van der Waals surface area contributed by atoms with Crippen molar-refractivity contribution >= 4 is 28.3 Å². The molecule has 1 atom stereocenters. The Kier molecular flexibility index (Phi) is 5.79. The molecule has 1 unspecified atom stereocenters. The molecule has 7 nitrogen and oxygen atoms in total. The molecule has 2 aromatic rings. The van der Waals surface area contributed by atoms with Crippen LogP contribution in [0, 0.1) is 12.3 Å². The number of hydrogen-bond acceptors (Lipinski definition) is 6. The van der Waals surface area contributed by atoms with Crippen LogP contribution < -0.4 is 5.32 Å². The molecule has 1 N–H and O–H groups in total. The summed E-state index contributed by atoms with van der Waals surface area (Å²) < 4.78 is 0. The van der Waals surface area contributed by atoms with Crippen molar-refractivity contribution in [3.8, 4) is 10.6 Å². The first-order valence-electron chi connectivity index (χ1n) is 9.52. The Bertz CT molecular complexity index is 887. The van der Waals surface area contributed by atoms with Crippen LogP contribution in [-0.4, -0.2) is 44.8 Å². The molecule has 28 heavy (non-hydrogen) atoms. The molecule has 0 aromatic carbocycles. The standard InChI is InChI=1S/C20H27N5O2S/c1-12-17(28-19(23-12)24-13(2)26)16-15(21-8-9-22-16)14-7-6-10-25(11-14)18(27)20(3,4)5/h8-9,14H,6-7,10-11H2,1-5H3,(H,23,24,26). The van der Waals surface area contributed by atoms with Gasteiger partial charge < -0.3 is 10.2 Å². The summed E-state index contributed by atoms with van der Waals surface area (Å²) in [4.78, 5) is 40.6. The summed E-state index contributed by atoms with van der Waals surface area (Å²) in [6, 6.07) is 0. The van der Waals surface area contributed by atoms with Gasteiger partial charge in [-0.1, -0.05) is 32.1 Å². The third kappa shape index (κ3) is 4.38. The molecule has 1 saturated heterocycles. The van der Waals surface area contributed by atoms with Gasteiger partial charge in [0, 0.05) is 43.7 Å². The van der Waals surface area contributed by atoms with E-state index in [9.17, 15) is 9.59 Å². The second-order valence-corrected chi connectivity index (χ2v) is 9.24. The summed E-state index contributed by atoms with van der Waals surface area (Å²) in [6.45, 7) is 10.7. The third-order valence-corrected chi connectivity index (χ3v) is 5.84. The molecule has 0 spiro atoms. The fourth-order valence-electron chi connectivity index (χ4n) is 3.50. The lowest BCUT2D eigenvalue weighted by atomic mass is 9.89. The number of piperidine rings is 1. The molecule has 0 saturated carbocycles. The fourth-order valence-corrected chi connectivity index (χ4v) is 4.52. The van der Waals surface area contributed by atoms with Gasteiger partial charge in [0.15, 0.2) is 5.13 Å². The number of amides is 2. The predicted octanol–water partition coefficient (Wildman–Crippen LogP) is 3.62. The molecular weight excluding hydrogens is 374 g/mol. The zero-order valence-corrected chi connectivity index (χ0v) is 17.9. The molecule has 3 heterocycles. The van der Waals surface area contributed by atoms with E-state index >= 15 is 0 Å². The first-order chi connectivity index (χ1) is 13.2. The van der Waals surface area contributed by atoms with Crippen LogP contribution in [0.4, 0.5) is 5.13 Å². The average molecular weight is 402 g/mol. The van der Waals surface area contributed by atoms with Gasteiger partial charge in [0.05, 0.1) is 16.3 Å². The summed E-state index contributed by atoms with van der Waals surface area (Å²) in [5.41, 5.74) is 2.11. The van der Waals surface area contributed by atoms with E-state index in [1.807, 2.05) is 32.6 Å². The molecule has 150 valence electrons. The lowest BCUT2D eigenvalue weighted by Crippen LogP contribution is -2.44. The number of aryl methyl sites for hydroxylation is 1. The number of rotatable bonds is 3. The zero-order chi connectivity index (χ0) is 20.5. The Hall–Kier alpha value is -2.35. The maximum absolute atomic E-state index is 12.8. The number of hydrogen-bond donors (Lipinski definition) is 1. The van der Waals surface area contributed by atoms with Crippen LogP contribution in [0.15, 0.2) is 12.4 Å². The van der Waals surface area contributed by atoms with Crippen LogP contribution in [0.25, 0.3) is 10.6 Å². The van der Waals surface area contributed by atoms with Gasteiger partial charge in [-0.2, -0.15) is 0 Å². The van der Waals surface area contributed by atoms with Gasteiger partial charge in [-0.15, -0.1) is 0 Å². The molecule has 1 aliphatic heterocycles. The zero-order valence-electron chi connectivity index (χ0n) is 17.1. The van der Waals surface area contributed by atoms with E-state index in [0.717, 1.165) is 41.3 Å². The number of carbonyl (C=O) groups is 2. The maximum Gasteiger partial charge on any atom is 0.227 e. The van der Waals surface area contributed by atoms with Gasteiger partial charge in [0.2, 0.25) is 11.8 Å². The summed E-state index contributed by atoms with van der Waals surface area (Å²) in [6.07, 6.45) is 5.29. The van der Waals surface area contributed by atoms with Crippen molar-refractivity contribution in [3.05, 3.63) is 23.8 Å². The predicted molar refractivity (Wildman–Crippen MR) is 110 cm³/mol. The third-order valence-electron chi connectivity index (χ3n) is 4.76. The van der Waals surface area contributed by atoms with Crippen LogP contribution >= 0.6 is 11.3 Å². The van der Waals surface area contributed by atoms with Crippen molar-refractivity contribution in [2.45, 2.75) is 53.4 Å². The van der Waals surface area contributed by atoms with Gasteiger partial charge in [-0.05, 0) is 19.8 Å². The smallest absolute Gasteiger partial charge is 0.227 e. The fraction of sp³-hybridized carbons (Fsp3) is 0.550. The van der Waals surface area contributed by atoms with Gasteiger partial charge in [0.25, 0.3) is 0 Å². The molecule has 0 radical (unpaired) electrons. The summed E-state index contributed by atoms with van der Waals surface area (Å²) >= 11 is 1.40. The Morgan fingerprint density at radius 3 is 2.64 bits per heavy atom. The first kappa shape index (κ1) is 20.4. The number of nitrogens with zero attached hydrogens (tertiary/aromatic N) is 4. The largest absolute Gasteiger partial charge is 0.342 e. The number of thiazole rings is 1. The monoisotopic (exact) mass is 401 g/mol. The molecule has 2 amide bonds. The summed E-state index contributed by atoms with van der Waals surface area (Å²) in [7, 11) is 0. The van der Waals surface area contributed by atoms with Crippen LogP contribution in [0.5, 0.6) is 0 Å². The number of carbonyl (C=O) groups excluding carboxylic acids is 2. The van der Waals surface area contributed by atoms with Crippen molar-refractivity contribution in [1.82, 2.24) is 19.9 Å². The molecule has 1 fully saturated rings. The highest BCUT2D eigenvalue weighted by atomic mass is 32.1. The number of likely N-dealkylation sites (tertiary alicyclic amines) is 1. The van der Waals surface area contributed by atoms with Crippen LogP contribution in [0.2, 0.25) is 0 Å². The van der Waals surface area contributed by atoms with E-state index in [2.05, 4.69) is 20.3 Å². The Morgan fingerprint density at radius 1 is 1.25 bits per heavy atom. The van der Waals surface area contributed by atoms with Crippen LogP contribution in [-0.2, 0) is 9.59 Å². The minimum absolute atomic E-state index is 0.134.